The van der Waals surface area contributed by atoms with E-state index in [1.807, 2.05) is 0 Å². The minimum absolute atomic E-state index is 1.50. The van der Waals surface area contributed by atoms with Crippen molar-refractivity contribution in [2.24, 2.45) is 17.2 Å². The van der Waals surface area contributed by atoms with Gasteiger partial charge in [0.15, 0.2) is 0 Å². The average Bonchev–Trinajstić information content (AvgIpc) is 2.84. The first-order chi connectivity index (χ1) is 4.50. The molecule has 0 saturated heterocycles. The summed E-state index contributed by atoms with van der Waals surface area (Å²) in [7, 11) is 4.50. The highest BCUT2D eigenvalue weighted by Gasteiger charge is 1.95. The molecule has 0 aromatic carbocycles. The van der Waals surface area contributed by atoms with Gasteiger partial charge in [-0.2, -0.15) is 0 Å². The summed E-state index contributed by atoms with van der Waals surface area (Å²) in [5.74, 6) is 0. The van der Waals surface area contributed by atoms with Crippen LogP contribution in [0.3, 0.4) is 0 Å². The lowest BCUT2D eigenvalue weighted by Gasteiger charge is -1.19. The molecule has 9 heavy (non-hydrogen) atoms. The van der Waals surface area contributed by atoms with Crippen molar-refractivity contribution in [1.82, 2.24) is 0 Å². The lowest BCUT2D eigenvalue weighted by atomic mass is 11.0. The SMILES string of the molecule is C1CC1.CN.CN.CN. The minimum atomic E-state index is 1.50. The molecular formula is C6H21N3. The summed E-state index contributed by atoms with van der Waals surface area (Å²) < 4.78 is 0. The van der Waals surface area contributed by atoms with Crippen LogP contribution in [0, 0.1) is 0 Å². The molecule has 0 unspecified atom stereocenters. The molecule has 0 aliphatic heterocycles. The maximum atomic E-state index is 4.50. The molecule has 0 spiro atoms. The van der Waals surface area contributed by atoms with Crippen LogP contribution in [0.1, 0.15) is 19.3 Å². The maximum absolute atomic E-state index is 4.50. The smallest absolute Gasteiger partial charge is 0.0195 e. The molecule has 1 fully saturated rings. The zero-order valence-corrected chi connectivity index (χ0v) is 6.85. The van der Waals surface area contributed by atoms with Gasteiger partial charge in [0.2, 0.25) is 0 Å². The summed E-state index contributed by atoms with van der Waals surface area (Å²) >= 11 is 0. The lowest BCUT2D eigenvalue weighted by molar-refractivity contribution is 1.48. The van der Waals surface area contributed by atoms with Crippen molar-refractivity contribution in [3.05, 3.63) is 0 Å². The van der Waals surface area contributed by atoms with Crippen LogP contribution in [-0.2, 0) is 0 Å². The summed E-state index contributed by atoms with van der Waals surface area (Å²) in [5.41, 5.74) is 13.5. The van der Waals surface area contributed by atoms with E-state index < -0.39 is 0 Å². The molecule has 0 heterocycles. The third-order valence-electron chi connectivity index (χ3n) is 0.354. The van der Waals surface area contributed by atoms with Gasteiger partial charge in [-0.15, -0.1) is 0 Å². The van der Waals surface area contributed by atoms with Gasteiger partial charge in [-0.3, -0.25) is 0 Å². The highest BCUT2D eigenvalue weighted by molar-refractivity contribution is 4.50. The van der Waals surface area contributed by atoms with Gasteiger partial charge in [0.25, 0.3) is 0 Å². The van der Waals surface area contributed by atoms with Gasteiger partial charge in [0.05, 0.1) is 0 Å². The minimum Gasteiger partial charge on any atom is -0.333 e. The van der Waals surface area contributed by atoms with Gasteiger partial charge < -0.3 is 17.2 Å². The fourth-order valence-corrected chi connectivity index (χ4v) is 0. The van der Waals surface area contributed by atoms with Gasteiger partial charge in [-0.1, -0.05) is 19.3 Å². The monoisotopic (exact) mass is 135 g/mol. The largest absolute Gasteiger partial charge is 0.333 e. The van der Waals surface area contributed by atoms with E-state index in [4.69, 9.17) is 0 Å². The van der Waals surface area contributed by atoms with E-state index in [1.165, 1.54) is 40.4 Å². The summed E-state index contributed by atoms with van der Waals surface area (Å²) in [6.45, 7) is 0. The normalized spacial score (nSPS) is 10.0. The Balaban J connectivity index is -0.0000000557. The van der Waals surface area contributed by atoms with E-state index in [1.54, 1.807) is 0 Å². The molecule has 1 rings (SSSR count). The number of hydrogen-bond donors (Lipinski definition) is 3. The van der Waals surface area contributed by atoms with Crippen LogP contribution in [0.25, 0.3) is 0 Å². The summed E-state index contributed by atoms with van der Waals surface area (Å²) in [6.07, 6.45) is 4.50. The fourth-order valence-electron chi connectivity index (χ4n) is 0. The number of rotatable bonds is 0. The van der Waals surface area contributed by atoms with Crippen LogP contribution in [0.2, 0.25) is 0 Å². The Morgan fingerprint density at radius 1 is 0.556 bits per heavy atom. The molecule has 1 saturated carbocycles. The first kappa shape index (κ1) is 15.9. The lowest BCUT2D eigenvalue weighted by Crippen LogP contribution is -1.69. The molecule has 0 bridgehead atoms. The van der Waals surface area contributed by atoms with Gasteiger partial charge in [0, 0.05) is 0 Å². The second-order valence-electron chi connectivity index (χ2n) is 1.06. The van der Waals surface area contributed by atoms with Crippen molar-refractivity contribution in [3.63, 3.8) is 0 Å². The molecule has 3 nitrogen and oxygen atoms in total. The predicted molar refractivity (Wildman–Crippen MR) is 44.2 cm³/mol. The molecule has 0 atom stereocenters. The van der Waals surface area contributed by atoms with Gasteiger partial charge in [-0.05, 0) is 21.1 Å². The zero-order chi connectivity index (χ0) is 8.12. The quantitative estimate of drug-likeness (QED) is 0.434. The maximum Gasteiger partial charge on any atom is -0.0195 e. The summed E-state index contributed by atoms with van der Waals surface area (Å²) in [5, 5.41) is 0. The van der Waals surface area contributed by atoms with E-state index in [9.17, 15) is 0 Å². The topological polar surface area (TPSA) is 78.1 Å². The standard InChI is InChI=1S/C3H6.3CH5N/c1-2-3-1;3*1-2/h1-3H2;3*2H2,1H3. The van der Waals surface area contributed by atoms with Crippen molar-refractivity contribution < 1.29 is 0 Å². The van der Waals surface area contributed by atoms with Crippen LogP contribution >= 0.6 is 0 Å². The molecule has 60 valence electrons. The Labute approximate surface area is 58.6 Å². The van der Waals surface area contributed by atoms with E-state index in [0.29, 0.717) is 0 Å². The molecule has 0 aromatic heterocycles. The fraction of sp³-hybridized carbons (Fsp3) is 1.00. The van der Waals surface area contributed by atoms with Gasteiger partial charge >= 0.3 is 0 Å². The van der Waals surface area contributed by atoms with Crippen LogP contribution in [0.15, 0.2) is 0 Å². The average molecular weight is 135 g/mol. The first-order valence-corrected chi connectivity index (χ1v) is 3.23. The Bertz CT molecular complexity index is 13.0. The Hall–Kier alpha value is -0.120. The van der Waals surface area contributed by atoms with Crippen LogP contribution < -0.4 is 17.2 Å². The van der Waals surface area contributed by atoms with Crippen molar-refractivity contribution in [2.45, 2.75) is 19.3 Å². The van der Waals surface area contributed by atoms with Crippen molar-refractivity contribution >= 4 is 0 Å². The molecule has 0 aromatic rings. The third-order valence-corrected chi connectivity index (χ3v) is 0.354. The van der Waals surface area contributed by atoms with Gasteiger partial charge in [-0.25, -0.2) is 0 Å². The zero-order valence-electron chi connectivity index (χ0n) is 6.85. The van der Waals surface area contributed by atoms with E-state index in [0.717, 1.165) is 0 Å². The molecule has 0 amide bonds. The Morgan fingerprint density at radius 2 is 0.667 bits per heavy atom. The highest BCUT2D eigenvalue weighted by atomic mass is 14.4. The molecule has 0 radical (unpaired) electrons. The van der Waals surface area contributed by atoms with Gasteiger partial charge in [0.1, 0.15) is 0 Å². The van der Waals surface area contributed by atoms with Crippen molar-refractivity contribution in [3.8, 4) is 0 Å². The second-order valence-corrected chi connectivity index (χ2v) is 1.06. The molecule has 6 N–H and O–H groups in total. The van der Waals surface area contributed by atoms with Crippen LogP contribution in [0.5, 0.6) is 0 Å². The first-order valence-electron chi connectivity index (χ1n) is 3.23. The second kappa shape index (κ2) is 45.0. The Morgan fingerprint density at radius 3 is 0.667 bits per heavy atom. The highest BCUT2D eigenvalue weighted by Crippen LogP contribution is 2.14. The summed E-state index contributed by atoms with van der Waals surface area (Å²) in [6, 6.07) is 0. The predicted octanol–water partition coefficient (Wildman–Crippen LogP) is -0.105. The van der Waals surface area contributed by atoms with E-state index in [-0.39, 0.29) is 0 Å². The Kier molecular flexibility index (Phi) is 79.7. The molecule has 1 aliphatic carbocycles. The molecule has 3 heteroatoms. The number of nitrogens with two attached hydrogens (primary N) is 3. The van der Waals surface area contributed by atoms with Crippen molar-refractivity contribution in [2.75, 3.05) is 21.1 Å². The van der Waals surface area contributed by atoms with E-state index >= 15 is 0 Å². The number of hydrogen-bond acceptors (Lipinski definition) is 3. The van der Waals surface area contributed by atoms with Crippen LogP contribution in [-0.4, -0.2) is 21.1 Å². The third kappa shape index (κ3) is 352. The van der Waals surface area contributed by atoms with Crippen LogP contribution in [0.4, 0.5) is 0 Å². The van der Waals surface area contributed by atoms with Crippen molar-refractivity contribution in [1.29, 1.82) is 0 Å². The molecular weight excluding hydrogens is 114 g/mol. The molecule has 1 aliphatic rings. The van der Waals surface area contributed by atoms with E-state index in [2.05, 4.69) is 17.2 Å². The summed E-state index contributed by atoms with van der Waals surface area (Å²) in [4.78, 5) is 0.